The molecule has 156 valence electrons. The number of piperazine rings is 1. The smallest absolute Gasteiger partial charge is 0.261 e. The van der Waals surface area contributed by atoms with Crippen LogP contribution in [0, 0.1) is 0 Å². The Kier molecular flexibility index (Phi) is 5.00. The summed E-state index contributed by atoms with van der Waals surface area (Å²) in [5.74, 6) is -0.959. The van der Waals surface area contributed by atoms with Crippen LogP contribution in [0.15, 0.2) is 66.7 Å². The first-order valence-corrected chi connectivity index (χ1v) is 10.6. The number of benzene rings is 3. The molecule has 2 aliphatic rings. The third kappa shape index (κ3) is 3.59. The van der Waals surface area contributed by atoms with E-state index in [0.717, 1.165) is 29.9 Å². The van der Waals surface area contributed by atoms with Crippen molar-refractivity contribution in [2.75, 3.05) is 32.7 Å². The first kappa shape index (κ1) is 19.5. The predicted molar refractivity (Wildman–Crippen MR) is 117 cm³/mol. The molecule has 0 atom stereocenters. The van der Waals surface area contributed by atoms with Gasteiger partial charge in [0.25, 0.3) is 11.8 Å². The number of imide groups is 1. The standard InChI is InChI=1S/C25H23N3O3/c29-22(27-14-12-26(13-15-27)16-18-6-2-1-3-7-18)17-28-24(30)20-10-4-8-19-9-5-11-21(23(19)20)25(28)31/h1-11H,12-17H2/p+1. The van der Waals surface area contributed by atoms with E-state index in [1.807, 2.05) is 42.5 Å². The van der Waals surface area contributed by atoms with Crippen molar-refractivity contribution in [2.45, 2.75) is 6.54 Å². The molecule has 1 N–H and O–H groups in total. The topological polar surface area (TPSA) is 62.1 Å². The van der Waals surface area contributed by atoms with Gasteiger partial charge in [0.15, 0.2) is 0 Å². The minimum absolute atomic E-state index is 0.174. The third-order valence-electron chi connectivity index (χ3n) is 6.27. The van der Waals surface area contributed by atoms with Crippen LogP contribution in [0.3, 0.4) is 0 Å². The zero-order valence-electron chi connectivity index (χ0n) is 17.2. The maximum atomic E-state index is 13.0. The van der Waals surface area contributed by atoms with Gasteiger partial charge in [-0.2, -0.15) is 0 Å². The molecule has 3 aromatic carbocycles. The molecule has 0 aromatic heterocycles. The summed E-state index contributed by atoms with van der Waals surface area (Å²) in [6.07, 6.45) is 0. The third-order valence-corrected chi connectivity index (χ3v) is 6.27. The van der Waals surface area contributed by atoms with E-state index in [-0.39, 0.29) is 12.5 Å². The number of amides is 3. The van der Waals surface area contributed by atoms with Gasteiger partial charge < -0.3 is 9.80 Å². The van der Waals surface area contributed by atoms with E-state index in [1.165, 1.54) is 10.5 Å². The second kappa shape index (κ2) is 7.96. The fraction of sp³-hybridized carbons (Fsp3) is 0.240. The molecule has 0 radical (unpaired) electrons. The number of nitrogens with one attached hydrogen (secondary N) is 1. The van der Waals surface area contributed by atoms with Crippen LogP contribution in [0.25, 0.3) is 10.8 Å². The van der Waals surface area contributed by atoms with Crippen LogP contribution >= 0.6 is 0 Å². The molecule has 3 aromatic rings. The van der Waals surface area contributed by atoms with Crippen molar-refractivity contribution in [3.05, 3.63) is 83.4 Å². The molecule has 0 aliphatic carbocycles. The molecule has 0 saturated carbocycles. The van der Waals surface area contributed by atoms with Crippen LogP contribution in [0.1, 0.15) is 26.3 Å². The number of carbonyl (C=O) groups excluding carboxylic acids is 3. The van der Waals surface area contributed by atoms with Crippen LogP contribution in [-0.2, 0) is 11.3 Å². The first-order valence-electron chi connectivity index (χ1n) is 10.6. The minimum atomic E-state index is -0.393. The molecule has 6 nitrogen and oxygen atoms in total. The zero-order chi connectivity index (χ0) is 21.4. The molecule has 31 heavy (non-hydrogen) atoms. The molecular formula is C25H24N3O3+. The van der Waals surface area contributed by atoms with Crippen molar-refractivity contribution in [1.29, 1.82) is 0 Å². The Bertz CT molecular complexity index is 1120. The highest BCUT2D eigenvalue weighted by molar-refractivity contribution is 6.26. The van der Waals surface area contributed by atoms with Crippen LogP contribution in [-0.4, -0.2) is 60.2 Å². The highest BCUT2D eigenvalue weighted by Gasteiger charge is 2.35. The summed E-state index contributed by atoms with van der Waals surface area (Å²) < 4.78 is 0. The number of rotatable bonds is 4. The van der Waals surface area contributed by atoms with Crippen LogP contribution in [0.2, 0.25) is 0 Å². The lowest BCUT2D eigenvalue weighted by Crippen LogP contribution is -3.13. The largest absolute Gasteiger partial charge is 0.330 e. The van der Waals surface area contributed by atoms with Crippen molar-refractivity contribution >= 4 is 28.5 Å². The van der Waals surface area contributed by atoms with Crippen LogP contribution < -0.4 is 4.90 Å². The molecule has 3 amide bonds. The van der Waals surface area contributed by atoms with Crippen LogP contribution in [0.5, 0.6) is 0 Å². The van der Waals surface area contributed by atoms with Gasteiger partial charge in [0.1, 0.15) is 13.1 Å². The summed E-state index contributed by atoms with van der Waals surface area (Å²) in [5.41, 5.74) is 2.25. The second-order valence-electron chi connectivity index (χ2n) is 8.20. The van der Waals surface area contributed by atoms with Gasteiger partial charge in [-0.05, 0) is 17.5 Å². The Balaban J connectivity index is 1.26. The summed E-state index contributed by atoms with van der Waals surface area (Å²) in [4.78, 5) is 43.3. The van der Waals surface area contributed by atoms with E-state index < -0.39 is 11.8 Å². The fourth-order valence-electron chi connectivity index (χ4n) is 4.59. The fourth-order valence-corrected chi connectivity index (χ4v) is 4.59. The number of nitrogens with zero attached hydrogens (tertiary/aromatic N) is 2. The van der Waals surface area contributed by atoms with Gasteiger partial charge in [-0.1, -0.05) is 54.6 Å². The van der Waals surface area contributed by atoms with E-state index in [4.69, 9.17) is 0 Å². The summed E-state index contributed by atoms with van der Waals surface area (Å²) >= 11 is 0. The van der Waals surface area contributed by atoms with Crippen molar-refractivity contribution in [3.8, 4) is 0 Å². The minimum Gasteiger partial charge on any atom is -0.330 e. The summed E-state index contributed by atoms with van der Waals surface area (Å²) in [5, 5.41) is 1.54. The Hall–Kier alpha value is -3.51. The Morgan fingerprint density at radius 1 is 0.806 bits per heavy atom. The molecular weight excluding hydrogens is 390 g/mol. The van der Waals surface area contributed by atoms with Gasteiger partial charge in [0.2, 0.25) is 5.91 Å². The molecule has 1 fully saturated rings. The highest BCUT2D eigenvalue weighted by atomic mass is 16.2. The molecule has 5 rings (SSSR count). The summed E-state index contributed by atoms with van der Waals surface area (Å²) in [6, 6.07) is 21.2. The quantitative estimate of drug-likeness (QED) is 0.656. The molecule has 0 bridgehead atoms. The lowest BCUT2D eigenvalue weighted by molar-refractivity contribution is -0.917. The number of hydrogen-bond donors (Lipinski definition) is 1. The highest BCUT2D eigenvalue weighted by Crippen LogP contribution is 2.29. The van der Waals surface area contributed by atoms with Crippen LogP contribution in [0.4, 0.5) is 0 Å². The second-order valence-corrected chi connectivity index (χ2v) is 8.20. The maximum absolute atomic E-state index is 13.0. The molecule has 1 saturated heterocycles. The average Bonchev–Trinajstić information content (AvgIpc) is 2.81. The Labute approximate surface area is 180 Å². The number of carbonyl (C=O) groups is 3. The molecule has 2 aliphatic heterocycles. The van der Waals surface area contributed by atoms with Crippen molar-refractivity contribution in [1.82, 2.24) is 9.80 Å². The molecule has 2 heterocycles. The number of hydrogen-bond acceptors (Lipinski definition) is 3. The van der Waals surface area contributed by atoms with Gasteiger partial charge in [-0.25, -0.2) is 0 Å². The average molecular weight is 414 g/mol. The van der Waals surface area contributed by atoms with Crippen molar-refractivity contribution < 1.29 is 19.3 Å². The molecule has 0 unspecified atom stereocenters. The lowest BCUT2D eigenvalue weighted by atomic mass is 9.94. The van der Waals surface area contributed by atoms with Gasteiger partial charge in [-0.15, -0.1) is 0 Å². The SMILES string of the molecule is O=C(CN1C(=O)c2cccc3cccc(c23)C1=O)N1CC[NH+](Cc2ccccc2)CC1. The zero-order valence-corrected chi connectivity index (χ0v) is 17.2. The van der Waals surface area contributed by atoms with Crippen molar-refractivity contribution in [3.63, 3.8) is 0 Å². The van der Waals surface area contributed by atoms with Gasteiger partial charge in [0, 0.05) is 22.1 Å². The van der Waals surface area contributed by atoms with E-state index in [1.54, 1.807) is 17.0 Å². The Morgan fingerprint density at radius 3 is 2.03 bits per heavy atom. The normalized spacial score (nSPS) is 16.8. The van der Waals surface area contributed by atoms with E-state index >= 15 is 0 Å². The van der Waals surface area contributed by atoms with E-state index in [2.05, 4.69) is 12.1 Å². The predicted octanol–water partition coefficient (Wildman–Crippen LogP) is 1.36. The lowest BCUT2D eigenvalue weighted by Gasteiger charge is -2.34. The monoisotopic (exact) mass is 414 g/mol. The van der Waals surface area contributed by atoms with E-state index in [9.17, 15) is 14.4 Å². The maximum Gasteiger partial charge on any atom is 0.261 e. The Morgan fingerprint density at radius 2 is 1.42 bits per heavy atom. The van der Waals surface area contributed by atoms with E-state index in [0.29, 0.717) is 29.6 Å². The first-order chi connectivity index (χ1) is 15.1. The van der Waals surface area contributed by atoms with Gasteiger partial charge in [-0.3, -0.25) is 19.3 Å². The van der Waals surface area contributed by atoms with Gasteiger partial charge >= 0.3 is 0 Å². The molecule has 6 heteroatoms. The molecule has 0 spiro atoms. The summed E-state index contributed by atoms with van der Waals surface area (Å²) in [6.45, 7) is 3.69. The van der Waals surface area contributed by atoms with Gasteiger partial charge in [0.05, 0.1) is 26.2 Å². The summed E-state index contributed by atoms with van der Waals surface area (Å²) in [7, 11) is 0. The number of quaternary nitrogens is 1. The van der Waals surface area contributed by atoms with Crippen molar-refractivity contribution in [2.24, 2.45) is 0 Å².